The van der Waals surface area contributed by atoms with Crippen LogP contribution in [0.5, 0.6) is 0 Å². The van der Waals surface area contributed by atoms with Crippen molar-refractivity contribution in [3.05, 3.63) is 65.5 Å². The van der Waals surface area contributed by atoms with Crippen LogP contribution in [-0.2, 0) is 28.8 Å². The summed E-state index contributed by atoms with van der Waals surface area (Å²) in [6.45, 7) is 3.62. The van der Waals surface area contributed by atoms with Gasteiger partial charge >= 0.3 is 12.1 Å². The molecule has 0 N–H and O–H groups in total. The summed E-state index contributed by atoms with van der Waals surface area (Å²) in [5.74, 6) is 0.546. The van der Waals surface area contributed by atoms with Crippen molar-refractivity contribution in [1.29, 1.82) is 0 Å². The molecule has 1 aromatic heterocycles. The van der Waals surface area contributed by atoms with Crippen molar-refractivity contribution in [2.45, 2.75) is 90.8 Å². The molecule has 6 nitrogen and oxygen atoms in total. The number of halogens is 3. The molecule has 0 spiro atoms. The van der Waals surface area contributed by atoms with E-state index < -0.39 is 17.7 Å². The van der Waals surface area contributed by atoms with Gasteiger partial charge in [0.2, 0.25) is 0 Å². The van der Waals surface area contributed by atoms with Crippen LogP contribution in [0.2, 0.25) is 0 Å². The van der Waals surface area contributed by atoms with Gasteiger partial charge in [0.25, 0.3) is 5.89 Å². The number of anilines is 1. The minimum absolute atomic E-state index is 0.152. The summed E-state index contributed by atoms with van der Waals surface area (Å²) in [4.78, 5) is 21.3. The molecule has 3 aromatic rings. The van der Waals surface area contributed by atoms with Crippen LogP contribution in [0, 0.1) is 0 Å². The number of benzene rings is 2. The molecule has 0 saturated heterocycles. The Morgan fingerprint density at radius 3 is 2.08 bits per heavy atom. The lowest BCUT2D eigenvalue weighted by molar-refractivity contribution is -0.143. The Morgan fingerprint density at radius 1 is 0.895 bits per heavy atom. The zero-order chi connectivity index (χ0) is 27.4. The second-order valence-corrected chi connectivity index (χ2v) is 9.46. The molecule has 3 rings (SSSR count). The van der Waals surface area contributed by atoms with Crippen LogP contribution < -0.4 is 5.06 Å². The summed E-state index contributed by atoms with van der Waals surface area (Å²) in [6, 6.07) is 11.7. The van der Waals surface area contributed by atoms with Crippen molar-refractivity contribution in [3.63, 3.8) is 0 Å². The highest BCUT2D eigenvalue weighted by Gasteiger charge is 2.30. The fourth-order valence-electron chi connectivity index (χ4n) is 4.13. The van der Waals surface area contributed by atoms with E-state index in [4.69, 9.17) is 9.36 Å². The summed E-state index contributed by atoms with van der Waals surface area (Å²) >= 11 is 0. The highest BCUT2D eigenvalue weighted by molar-refractivity contribution is 5.68. The molecule has 0 bridgehead atoms. The second kappa shape index (κ2) is 14.5. The van der Waals surface area contributed by atoms with E-state index in [1.807, 2.05) is 24.3 Å². The van der Waals surface area contributed by atoms with Crippen molar-refractivity contribution in [1.82, 2.24) is 10.1 Å². The Kier molecular flexibility index (Phi) is 11.2. The van der Waals surface area contributed by atoms with Gasteiger partial charge in [-0.3, -0.25) is 4.79 Å². The van der Waals surface area contributed by atoms with Crippen LogP contribution in [0.3, 0.4) is 0 Å². The monoisotopic (exact) mass is 531 g/mol. The van der Waals surface area contributed by atoms with E-state index in [9.17, 15) is 18.0 Å². The average molecular weight is 532 g/mol. The molecule has 2 aromatic carbocycles. The molecule has 0 radical (unpaired) electrons. The molecule has 1 heterocycles. The van der Waals surface area contributed by atoms with Gasteiger partial charge in [0.1, 0.15) is 0 Å². The van der Waals surface area contributed by atoms with Gasteiger partial charge < -0.3 is 9.36 Å². The Labute approximate surface area is 222 Å². The number of unbranched alkanes of at least 4 members (excludes halogenated alkanes) is 8. The van der Waals surface area contributed by atoms with Crippen LogP contribution in [0.15, 0.2) is 53.1 Å². The minimum atomic E-state index is -4.44. The number of hydroxylamine groups is 1. The number of alkyl halides is 3. The summed E-state index contributed by atoms with van der Waals surface area (Å²) in [7, 11) is 0. The van der Waals surface area contributed by atoms with Crippen LogP contribution in [-0.4, -0.2) is 16.1 Å². The number of hydrogen-bond donors (Lipinski definition) is 0. The summed E-state index contributed by atoms with van der Waals surface area (Å²) < 4.78 is 44.1. The molecular formula is C29H36F3N3O3. The first-order valence-electron chi connectivity index (χ1n) is 13.3. The fourth-order valence-corrected chi connectivity index (χ4v) is 4.13. The Morgan fingerprint density at radius 2 is 1.50 bits per heavy atom. The van der Waals surface area contributed by atoms with Crippen molar-refractivity contribution in [2.75, 3.05) is 5.06 Å². The predicted octanol–water partition coefficient (Wildman–Crippen LogP) is 8.31. The largest absolute Gasteiger partial charge is 0.416 e. The molecule has 0 fully saturated rings. The van der Waals surface area contributed by atoms with Gasteiger partial charge in [0.05, 0.1) is 17.8 Å². The standard InChI is InChI=1S/C29H36F3N3O3/c1-3-4-5-6-7-8-9-10-11-12-27-33-28(37-34-27)24-15-13-23(14-16-24)21-35(38-22(2)36)26-19-17-25(18-20-26)29(30,31)32/h13-20H,3-12,21H2,1-2H3. The van der Waals surface area contributed by atoms with Crippen LogP contribution in [0.4, 0.5) is 18.9 Å². The van der Waals surface area contributed by atoms with E-state index in [2.05, 4.69) is 17.1 Å². The van der Waals surface area contributed by atoms with Crippen LogP contribution in [0.1, 0.15) is 88.6 Å². The van der Waals surface area contributed by atoms with Crippen molar-refractivity contribution < 1.29 is 27.3 Å². The Balaban J connectivity index is 1.52. The van der Waals surface area contributed by atoms with Gasteiger partial charge in [0, 0.05) is 18.9 Å². The van der Waals surface area contributed by atoms with E-state index >= 15 is 0 Å². The minimum Gasteiger partial charge on any atom is -0.341 e. The summed E-state index contributed by atoms with van der Waals surface area (Å²) in [5.41, 5.74) is 1.10. The SMILES string of the molecule is CCCCCCCCCCCc1noc(-c2ccc(CN(OC(C)=O)c3ccc(C(F)(F)F)cc3)cc2)n1. The lowest BCUT2D eigenvalue weighted by atomic mass is 10.1. The third kappa shape index (κ3) is 9.50. The zero-order valence-corrected chi connectivity index (χ0v) is 22.1. The third-order valence-corrected chi connectivity index (χ3v) is 6.22. The van der Waals surface area contributed by atoms with E-state index in [-0.39, 0.29) is 6.54 Å². The van der Waals surface area contributed by atoms with E-state index in [0.717, 1.165) is 42.5 Å². The van der Waals surface area contributed by atoms with Crippen LogP contribution in [0.25, 0.3) is 11.5 Å². The predicted molar refractivity (Wildman–Crippen MR) is 140 cm³/mol. The van der Waals surface area contributed by atoms with Gasteiger partial charge in [-0.2, -0.15) is 18.2 Å². The number of carbonyl (C=O) groups is 1. The van der Waals surface area contributed by atoms with Gasteiger partial charge in [0.15, 0.2) is 5.82 Å². The molecule has 0 aliphatic carbocycles. The van der Waals surface area contributed by atoms with E-state index in [1.165, 1.54) is 69.1 Å². The normalized spacial score (nSPS) is 11.5. The second-order valence-electron chi connectivity index (χ2n) is 9.46. The van der Waals surface area contributed by atoms with E-state index in [0.29, 0.717) is 17.4 Å². The Bertz CT molecular complexity index is 1110. The fraction of sp³-hybridized carbons (Fsp3) is 0.483. The quantitative estimate of drug-likeness (QED) is 0.145. The maximum atomic E-state index is 12.9. The molecule has 9 heteroatoms. The van der Waals surface area contributed by atoms with Crippen molar-refractivity contribution >= 4 is 11.7 Å². The number of carbonyl (C=O) groups excluding carboxylic acids is 1. The van der Waals surface area contributed by atoms with Gasteiger partial charge in [-0.05, 0) is 48.4 Å². The maximum absolute atomic E-state index is 12.9. The van der Waals surface area contributed by atoms with Crippen molar-refractivity contribution in [2.24, 2.45) is 0 Å². The van der Waals surface area contributed by atoms with Gasteiger partial charge in [-0.1, -0.05) is 75.6 Å². The molecule has 0 atom stereocenters. The summed E-state index contributed by atoms with van der Waals surface area (Å²) in [6.07, 6.45) is 7.62. The molecule has 38 heavy (non-hydrogen) atoms. The number of rotatable bonds is 15. The van der Waals surface area contributed by atoms with Gasteiger partial charge in [-0.15, -0.1) is 0 Å². The number of aromatic nitrogens is 2. The van der Waals surface area contributed by atoms with Crippen LogP contribution >= 0.6 is 0 Å². The molecule has 0 saturated carbocycles. The topological polar surface area (TPSA) is 68.5 Å². The molecule has 0 aliphatic heterocycles. The van der Waals surface area contributed by atoms with Gasteiger partial charge in [-0.25, -0.2) is 5.06 Å². The molecule has 0 unspecified atom stereocenters. The molecule has 0 aliphatic rings. The summed E-state index contributed by atoms with van der Waals surface area (Å²) in [5, 5.41) is 5.35. The average Bonchev–Trinajstić information content (AvgIpc) is 3.36. The Hall–Kier alpha value is -3.36. The number of hydrogen-bond acceptors (Lipinski definition) is 6. The number of nitrogens with zero attached hydrogens (tertiary/aromatic N) is 3. The molecular weight excluding hydrogens is 495 g/mol. The molecule has 0 amide bonds. The smallest absolute Gasteiger partial charge is 0.341 e. The highest BCUT2D eigenvalue weighted by Crippen LogP contribution is 2.31. The lowest BCUT2D eigenvalue weighted by Crippen LogP contribution is -2.25. The molecule has 206 valence electrons. The first kappa shape index (κ1) is 29.2. The third-order valence-electron chi connectivity index (χ3n) is 6.22. The first-order chi connectivity index (χ1) is 18.3. The first-order valence-corrected chi connectivity index (χ1v) is 13.3. The maximum Gasteiger partial charge on any atom is 0.416 e. The van der Waals surface area contributed by atoms with Crippen molar-refractivity contribution in [3.8, 4) is 11.5 Å². The zero-order valence-electron chi connectivity index (χ0n) is 22.1. The lowest BCUT2D eigenvalue weighted by Gasteiger charge is -2.23. The van der Waals surface area contributed by atoms with E-state index in [1.54, 1.807) is 0 Å². The number of aryl methyl sites for hydroxylation is 1. The highest BCUT2D eigenvalue weighted by atomic mass is 19.4.